The van der Waals surface area contributed by atoms with Crippen LogP contribution in [0.15, 0.2) is 24.4 Å². The first-order chi connectivity index (χ1) is 14.3. The Labute approximate surface area is 168 Å². The van der Waals surface area contributed by atoms with Crippen molar-refractivity contribution in [2.45, 2.75) is 38.3 Å². The van der Waals surface area contributed by atoms with E-state index in [4.69, 9.17) is 9.47 Å². The fourth-order valence-corrected chi connectivity index (χ4v) is 3.07. The molecule has 0 saturated heterocycles. The van der Waals surface area contributed by atoms with Crippen LogP contribution in [-0.4, -0.2) is 40.1 Å². The van der Waals surface area contributed by atoms with Crippen LogP contribution in [0.4, 0.5) is 19.0 Å². The second-order valence-corrected chi connectivity index (χ2v) is 7.25. The second-order valence-electron chi connectivity index (χ2n) is 7.25. The molecule has 1 aliphatic carbocycles. The molecular formula is C18H19F3N4O5. The topological polar surface area (TPSA) is 101 Å². The van der Waals surface area contributed by atoms with Gasteiger partial charge in [0.25, 0.3) is 0 Å². The van der Waals surface area contributed by atoms with E-state index >= 15 is 0 Å². The van der Waals surface area contributed by atoms with E-state index in [1.807, 2.05) is 0 Å². The van der Waals surface area contributed by atoms with E-state index in [1.54, 1.807) is 4.57 Å². The molecule has 30 heavy (non-hydrogen) atoms. The van der Waals surface area contributed by atoms with Crippen molar-refractivity contribution in [1.82, 2.24) is 14.9 Å². The summed E-state index contributed by atoms with van der Waals surface area (Å²) in [5.41, 5.74) is 0.674. The number of rotatable bonds is 8. The van der Waals surface area contributed by atoms with E-state index in [9.17, 15) is 23.3 Å². The van der Waals surface area contributed by atoms with Crippen molar-refractivity contribution >= 4 is 5.82 Å². The van der Waals surface area contributed by atoms with Gasteiger partial charge in [0.05, 0.1) is 12.6 Å². The summed E-state index contributed by atoms with van der Waals surface area (Å²) in [6.07, 6.45) is -1.38. The van der Waals surface area contributed by atoms with E-state index < -0.39 is 11.3 Å². The van der Waals surface area contributed by atoms with E-state index in [0.717, 1.165) is 12.8 Å². The predicted molar refractivity (Wildman–Crippen MR) is 96.3 cm³/mol. The minimum Gasteiger partial charge on any atom is -0.493 e. The number of benzene rings is 1. The average molecular weight is 428 g/mol. The van der Waals surface area contributed by atoms with Gasteiger partial charge >= 0.3 is 18.2 Å². The minimum absolute atomic E-state index is 0.173. The van der Waals surface area contributed by atoms with Crippen LogP contribution in [0.5, 0.6) is 17.5 Å². The van der Waals surface area contributed by atoms with E-state index in [2.05, 4.69) is 15.0 Å². The molecule has 1 aliphatic heterocycles. The number of ether oxygens (including phenoxy) is 3. The lowest BCUT2D eigenvalue weighted by atomic mass is 10.1. The van der Waals surface area contributed by atoms with Crippen LogP contribution in [0.25, 0.3) is 0 Å². The van der Waals surface area contributed by atoms with Gasteiger partial charge in [-0.05, 0) is 29.7 Å². The summed E-state index contributed by atoms with van der Waals surface area (Å²) in [6, 6.07) is 4.01. The zero-order chi connectivity index (χ0) is 21.3. The van der Waals surface area contributed by atoms with Gasteiger partial charge in [-0.2, -0.15) is 0 Å². The van der Waals surface area contributed by atoms with E-state index in [0.29, 0.717) is 36.9 Å². The molecule has 12 heteroatoms. The van der Waals surface area contributed by atoms with Gasteiger partial charge in [-0.15, -0.1) is 13.2 Å². The van der Waals surface area contributed by atoms with Gasteiger partial charge in [0.15, 0.2) is 0 Å². The fourth-order valence-electron chi connectivity index (χ4n) is 3.07. The maximum Gasteiger partial charge on any atom is 0.573 e. The Morgan fingerprint density at radius 3 is 2.87 bits per heavy atom. The highest BCUT2D eigenvalue weighted by Crippen LogP contribution is 2.33. The quantitative estimate of drug-likeness (QED) is 0.510. The summed E-state index contributed by atoms with van der Waals surface area (Å²) in [5.74, 6) is 0.127. The molecule has 4 rings (SSSR count). The van der Waals surface area contributed by atoms with Gasteiger partial charge in [-0.1, -0.05) is 6.07 Å². The van der Waals surface area contributed by atoms with Gasteiger partial charge in [-0.25, -0.2) is 0 Å². The molecule has 2 heterocycles. The number of fused-ring (bicyclic) bond motifs is 1. The Morgan fingerprint density at radius 1 is 1.37 bits per heavy atom. The molecule has 1 aromatic heterocycles. The van der Waals surface area contributed by atoms with Gasteiger partial charge in [0.2, 0.25) is 0 Å². The SMILES string of the molecule is O=[N+]([O-])c1cn2c(n1)OC[C@@H](NCc1ccc(OC(F)(F)F)cc1OCC1CC1)C2. The highest BCUT2D eigenvalue weighted by molar-refractivity contribution is 5.41. The Balaban J connectivity index is 1.41. The van der Waals surface area contributed by atoms with Crippen LogP contribution in [-0.2, 0) is 13.1 Å². The summed E-state index contributed by atoms with van der Waals surface area (Å²) in [5, 5.41) is 14.1. The lowest BCUT2D eigenvalue weighted by Gasteiger charge is -2.24. The summed E-state index contributed by atoms with van der Waals surface area (Å²) in [4.78, 5) is 14.0. The van der Waals surface area contributed by atoms with Crippen molar-refractivity contribution in [2.24, 2.45) is 5.92 Å². The number of aromatic nitrogens is 2. The normalized spacial score (nSPS) is 18.4. The smallest absolute Gasteiger partial charge is 0.493 e. The molecule has 0 spiro atoms. The van der Waals surface area contributed by atoms with E-state index in [-0.39, 0.29) is 30.2 Å². The average Bonchev–Trinajstić information content (AvgIpc) is 3.40. The Hall–Kier alpha value is -3.02. The monoisotopic (exact) mass is 428 g/mol. The van der Waals surface area contributed by atoms with Crippen molar-refractivity contribution in [3.8, 4) is 17.5 Å². The second kappa shape index (κ2) is 8.01. The molecule has 162 valence electrons. The van der Waals surface area contributed by atoms with Crippen LogP contribution in [0.1, 0.15) is 18.4 Å². The summed E-state index contributed by atoms with van der Waals surface area (Å²) < 4.78 is 54.3. The highest BCUT2D eigenvalue weighted by atomic mass is 19.4. The maximum absolute atomic E-state index is 12.5. The third kappa shape index (κ3) is 5.12. The molecule has 1 fully saturated rings. The molecule has 2 aliphatic rings. The van der Waals surface area contributed by atoms with Gasteiger partial charge in [0, 0.05) is 29.7 Å². The highest BCUT2D eigenvalue weighted by Gasteiger charge is 2.32. The number of halogens is 3. The number of nitrogens with zero attached hydrogens (tertiary/aromatic N) is 3. The van der Waals surface area contributed by atoms with Crippen LogP contribution >= 0.6 is 0 Å². The number of nitrogens with one attached hydrogen (secondary N) is 1. The molecule has 1 aromatic carbocycles. The van der Waals surface area contributed by atoms with E-state index in [1.165, 1.54) is 24.4 Å². The summed E-state index contributed by atoms with van der Waals surface area (Å²) in [7, 11) is 0. The van der Waals surface area contributed by atoms with Crippen LogP contribution < -0.4 is 19.5 Å². The van der Waals surface area contributed by atoms with Crippen molar-refractivity contribution < 1.29 is 32.3 Å². The third-order valence-electron chi connectivity index (χ3n) is 4.77. The van der Waals surface area contributed by atoms with Crippen molar-refractivity contribution in [1.29, 1.82) is 0 Å². The largest absolute Gasteiger partial charge is 0.573 e. The number of nitro groups is 1. The summed E-state index contributed by atoms with van der Waals surface area (Å²) in [6.45, 7) is 1.41. The first kappa shape index (κ1) is 20.3. The Kier molecular flexibility index (Phi) is 5.41. The lowest BCUT2D eigenvalue weighted by Crippen LogP contribution is -2.41. The Morgan fingerprint density at radius 2 is 2.17 bits per heavy atom. The van der Waals surface area contributed by atoms with Crippen LogP contribution in [0.3, 0.4) is 0 Å². The lowest BCUT2D eigenvalue weighted by molar-refractivity contribution is -0.389. The Bertz CT molecular complexity index is 929. The fraction of sp³-hybridized carbons (Fsp3) is 0.500. The zero-order valence-electron chi connectivity index (χ0n) is 15.7. The molecule has 0 radical (unpaired) electrons. The number of hydrogen-bond acceptors (Lipinski definition) is 7. The van der Waals surface area contributed by atoms with Crippen LogP contribution in [0, 0.1) is 16.0 Å². The van der Waals surface area contributed by atoms with Crippen molar-refractivity contribution in [3.63, 3.8) is 0 Å². The maximum atomic E-state index is 12.5. The standard InChI is InChI=1S/C18H19F3N4O5/c19-18(20,21)30-14-4-3-12(15(5-14)28-9-11-1-2-11)6-22-13-7-24-8-16(25(26)27)23-17(24)29-10-13/h3-5,8,11,13,22H,1-2,6-7,9-10H2/t13-/m0/s1. The zero-order valence-corrected chi connectivity index (χ0v) is 15.7. The van der Waals surface area contributed by atoms with Crippen molar-refractivity contribution in [2.75, 3.05) is 13.2 Å². The first-order valence-electron chi connectivity index (χ1n) is 9.36. The number of alkyl halides is 3. The molecular weight excluding hydrogens is 409 g/mol. The van der Waals surface area contributed by atoms with Gasteiger partial charge in [-0.3, -0.25) is 4.57 Å². The molecule has 1 N–H and O–H groups in total. The molecule has 1 atom stereocenters. The number of hydrogen-bond donors (Lipinski definition) is 1. The van der Waals surface area contributed by atoms with Gasteiger partial charge in [0.1, 0.15) is 24.3 Å². The molecule has 9 nitrogen and oxygen atoms in total. The predicted octanol–water partition coefficient (Wildman–Crippen LogP) is 3.03. The molecule has 2 aromatic rings. The minimum atomic E-state index is -4.78. The number of imidazole rings is 1. The summed E-state index contributed by atoms with van der Waals surface area (Å²) >= 11 is 0. The van der Waals surface area contributed by atoms with Gasteiger partial charge < -0.3 is 29.6 Å². The molecule has 0 bridgehead atoms. The molecule has 0 amide bonds. The third-order valence-corrected chi connectivity index (χ3v) is 4.77. The molecule has 1 saturated carbocycles. The van der Waals surface area contributed by atoms with Crippen molar-refractivity contribution in [3.05, 3.63) is 40.1 Å². The van der Waals surface area contributed by atoms with Crippen LogP contribution in [0.2, 0.25) is 0 Å². The first-order valence-corrected chi connectivity index (χ1v) is 9.36. The molecule has 0 unspecified atom stereocenters.